The van der Waals surface area contributed by atoms with Crippen molar-refractivity contribution in [2.45, 2.75) is 13.1 Å². The summed E-state index contributed by atoms with van der Waals surface area (Å²) in [5, 5.41) is 10.8. The molecule has 1 aliphatic heterocycles. The Bertz CT molecular complexity index is 641. The molecule has 0 saturated heterocycles. The van der Waals surface area contributed by atoms with Crippen molar-refractivity contribution in [3.05, 3.63) is 27.9 Å². The van der Waals surface area contributed by atoms with Gasteiger partial charge in [0.25, 0.3) is 0 Å². The molecule has 0 unspecified atom stereocenters. The Morgan fingerprint density at radius 2 is 2.22 bits per heavy atom. The van der Waals surface area contributed by atoms with Crippen molar-refractivity contribution in [1.29, 1.82) is 5.26 Å². The lowest BCUT2D eigenvalue weighted by molar-refractivity contribution is 0.563. The van der Waals surface area contributed by atoms with E-state index < -0.39 is 0 Å². The van der Waals surface area contributed by atoms with Crippen LogP contribution in [0.15, 0.2) is 6.20 Å². The van der Waals surface area contributed by atoms with Crippen LogP contribution in [-0.2, 0) is 13.1 Å². The number of nitriles is 1. The van der Waals surface area contributed by atoms with Gasteiger partial charge < -0.3 is 9.47 Å². The summed E-state index contributed by atoms with van der Waals surface area (Å²) in [7, 11) is 0. The minimum absolute atomic E-state index is 0.268. The average Bonchev–Trinajstić information content (AvgIpc) is 2.93. The Kier molecular flexibility index (Phi) is 2.90. The van der Waals surface area contributed by atoms with E-state index in [1.54, 1.807) is 6.20 Å². The van der Waals surface area contributed by atoms with E-state index in [0.29, 0.717) is 17.3 Å². The maximum absolute atomic E-state index is 9.08. The highest BCUT2D eigenvalue weighted by molar-refractivity contribution is 7.10. The van der Waals surface area contributed by atoms with E-state index in [9.17, 15) is 0 Å². The lowest BCUT2D eigenvalue weighted by Gasteiger charge is -2.28. The number of rotatable bonds is 1. The van der Waals surface area contributed by atoms with Crippen molar-refractivity contribution in [2.24, 2.45) is 0 Å². The predicted molar refractivity (Wildman–Crippen MR) is 70.1 cm³/mol. The van der Waals surface area contributed by atoms with Gasteiger partial charge in [-0.25, -0.2) is 4.98 Å². The van der Waals surface area contributed by atoms with Gasteiger partial charge in [0.05, 0.1) is 12.7 Å². The molecule has 0 aliphatic carbocycles. The highest BCUT2D eigenvalue weighted by Gasteiger charge is 2.24. The highest BCUT2D eigenvalue weighted by atomic mass is 35.5. The van der Waals surface area contributed by atoms with Crippen LogP contribution in [0.1, 0.15) is 11.4 Å². The molecule has 0 atom stereocenters. The van der Waals surface area contributed by atoms with Crippen LogP contribution in [-0.4, -0.2) is 20.5 Å². The minimum atomic E-state index is 0.268. The first kappa shape index (κ1) is 11.8. The SMILES string of the molecule is N#Cc1c(Cl)nsc1N1CCn2c(Cl)cnc2C1. The zero-order chi connectivity index (χ0) is 12.7. The summed E-state index contributed by atoms with van der Waals surface area (Å²) in [6.07, 6.45) is 1.64. The van der Waals surface area contributed by atoms with Gasteiger partial charge in [-0.2, -0.15) is 9.64 Å². The third-order valence-electron chi connectivity index (χ3n) is 2.85. The topological polar surface area (TPSA) is 57.7 Å². The van der Waals surface area contributed by atoms with Gasteiger partial charge in [-0.15, -0.1) is 0 Å². The molecule has 2 aromatic rings. The van der Waals surface area contributed by atoms with Gasteiger partial charge >= 0.3 is 0 Å². The lowest BCUT2D eigenvalue weighted by atomic mass is 10.3. The molecule has 3 heterocycles. The van der Waals surface area contributed by atoms with Crippen LogP contribution >= 0.6 is 34.7 Å². The van der Waals surface area contributed by atoms with Crippen LogP contribution in [0.4, 0.5) is 5.00 Å². The molecule has 0 fully saturated rings. The summed E-state index contributed by atoms with van der Waals surface area (Å²) in [6, 6.07) is 2.09. The number of imidazole rings is 1. The normalized spacial score (nSPS) is 14.4. The summed E-state index contributed by atoms with van der Waals surface area (Å²) in [5.41, 5.74) is 0.438. The van der Waals surface area contributed by atoms with Crippen LogP contribution in [0.5, 0.6) is 0 Å². The summed E-state index contributed by atoms with van der Waals surface area (Å²) >= 11 is 13.1. The molecule has 1 aliphatic rings. The van der Waals surface area contributed by atoms with E-state index in [1.165, 1.54) is 11.5 Å². The highest BCUT2D eigenvalue weighted by Crippen LogP contribution is 2.33. The fourth-order valence-electron chi connectivity index (χ4n) is 1.97. The van der Waals surface area contributed by atoms with Crippen molar-refractivity contribution < 1.29 is 0 Å². The third kappa shape index (κ3) is 1.75. The first-order valence-corrected chi connectivity index (χ1v) is 6.73. The van der Waals surface area contributed by atoms with Crippen molar-refractivity contribution in [3.63, 3.8) is 0 Å². The maximum Gasteiger partial charge on any atom is 0.162 e. The number of anilines is 1. The zero-order valence-electron chi connectivity index (χ0n) is 9.10. The predicted octanol–water partition coefficient (Wildman–Crippen LogP) is 2.54. The first-order valence-electron chi connectivity index (χ1n) is 5.21. The quantitative estimate of drug-likeness (QED) is 0.812. The van der Waals surface area contributed by atoms with E-state index >= 15 is 0 Å². The Hall–Kier alpha value is -1.29. The first-order chi connectivity index (χ1) is 8.70. The number of halogens is 2. The second-order valence-corrected chi connectivity index (χ2v) is 5.33. The van der Waals surface area contributed by atoms with Crippen LogP contribution in [0.3, 0.4) is 0 Å². The van der Waals surface area contributed by atoms with Crippen LogP contribution < -0.4 is 4.90 Å². The number of fused-ring (bicyclic) bond motifs is 1. The van der Waals surface area contributed by atoms with Gasteiger partial charge in [0.2, 0.25) is 0 Å². The number of hydrogen-bond acceptors (Lipinski definition) is 5. The molecular formula is C10H7Cl2N5S. The van der Waals surface area contributed by atoms with Crippen LogP contribution in [0, 0.1) is 11.3 Å². The van der Waals surface area contributed by atoms with Crippen LogP contribution in [0.2, 0.25) is 10.3 Å². The van der Waals surface area contributed by atoms with Gasteiger partial charge in [0, 0.05) is 13.1 Å². The number of hydrogen-bond donors (Lipinski definition) is 0. The molecule has 0 aromatic carbocycles. The standard InChI is InChI=1S/C10H7Cl2N5S/c11-7-4-14-8-5-16(1-2-17(7)8)10-6(3-13)9(12)15-18-10/h4H,1-2,5H2. The monoisotopic (exact) mass is 299 g/mol. The summed E-state index contributed by atoms with van der Waals surface area (Å²) < 4.78 is 5.98. The molecule has 18 heavy (non-hydrogen) atoms. The van der Waals surface area contributed by atoms with Gasteiger partial charge in [0.15, 0.2) is 5.15 Å². The van der Waals surface area contributed by atoms with Crippen molar-refractivity contribution in [2.75, 3.05) is 11.4 Å². The largest absolute Gasteiger partial charge is 0.352 e. The average molecular weight is 300 g/mol. The Balaban J connectivity index is 1.95. The number of aromatic nitrogens is 3. The van der Waals surface area contributed by atoms with E-state index in [1.807, 2.05) is 4.57 Å². The molecule has 0 bridgehead atoms. The van der Waals surface area contributed by atoms with Gasteiger partial charge in [0.1, 0.15) is 27.6 Å². The number of nitrogens with zero attached hydrogens (tertiary/aromatic N) is 5. The van der Waals surface area contributed by atoms with Crippen molar-refractivity contribution >= 4 is 39.7 Å². The second-order valence-electron chi connectivity index (χ2n) is 3.84. The lowest BCUT2D eigenvalue weighted by Crippen LogP contribution is -2.33. The van der Waals surface area contributed by atoms with Crippen molar-refractivity contribution in [1.82, 2.24) is 13.9 Å². The molecule has 0 saturated carbocycles. The molecule has 8 heteroatoms. The molecule has 0 amide bonds. The van der Waals surface area contributed by atoms with Crippen molar-refractivity contribution in [3.8, 4) is 6.07 Å². The summed E-state index contributed by atoms with van der Waals surface area (Å²) in [4.78, 5) is 6.31. The van der Waals surface area contributed by atoms with Gasteiger partial charge in [-0.05, 0) is 11.5 Å². The molecule has 0 N–H and O–H groups in total. The summed E-state index contributed by atoms with van der Waals surface area (Å²) in [5.74, 6) is 0.889. The van der Waals surface area contributed by atoms with Gasteiger partial charge in [-0.1, -0.05) is 23.2 Å². The third-order valence-corrected chi connectivity index (χ3v) is 4.43. The Labute approximate surface area is 117 Å². The molecule has 5 nitrogen and oxygen atoms in total. The molecule has 3 rings (SSSR count). The molecule has 0 spiro atoms. The second kappa shape index (κ2) is 4.43. The Morgan fingerprint density at radius 3 is 3.00 bits per heavy atom. The molecule has 92 valence electrons. The fraction of sp³-hybridized carbons (Fsp3) is 0.300. The summed E-state index contributed by atoms with van der Waals surface area (Å²) in [6.45, 7) is 2.12. The van der Waals surface area contributed by atoms with E-state index in [-0.39, 0.29) is 5.15 Å². The molecular weight excluding hydrogens is 293 g/mol. The van der Waals surface area contributed by atoms with Gasteiger partial charge in [-0.3, -0.25) is 0 Å². The van der Waals surface area contributed by atoms with E-state index in [4.69, 9.17) is 28.5 Å². The Morgan fingerprint density at radius 1 is 1.39 bits per heavy atom. The van der Waals surface area contributed by atoms with E-state index in [2.05, 4.69) is 20.3 Å². The smallest absolute Gasteiger partial charge is 0.162 e. The molecule has 2 aromatic heterocycles. The minimum Gasteiger partial charge on any atom is -0.352 e. The van der Waals surface area contributed by atoms with Crippen LogP contribution in [0.25, 0.3) is 0 Å². The molecule has 0 radical (unpaired) electrons. The zero-order valence-corrected chi connectivity index (χ0v) is 11.4. The van der Waals surface area contributed by atoms with E-state index in [0.717, 1.165) is 23.9 Å². The fourth-order valence-corrected chi connectivity index (χ4v) is 3.25. The maximum atomic E-state index is 9.08.